The molecule has 1 saturated heterocycles. The highest BCUT2D eigenvalue weighted by atomic mass is 32.1. The Morgan fingerprint density at radius 1 is 1.11 bits per heavy atom. The molecule has 46 heavy (non-hydrogen) atoms. The van der Waals surface area contributed by atoms with Crippen LogP contribution in [0.25, 0.3) is 21.1 Å². The molecule has 0 atom stereocenters. The maximum absolute atomic E-state index is 12.9. The van der Waals surface area contributed by atoms with Gasteiger partial charge in [-0.25, -0.2) is 15.0 Å². The number of thiophene rings is 1. The molecule has 13 heteroatoms. The molecule has 5 aromatic rings. The van der Waals surface area contributed by atoms with Crippen LogP contribution in [-0.4, -0.2) is 60.2 Å². The summed E-state index contributed by atoms with van der Waals surface area (Å²) in [7, 11) is 0. The number of nitrogens with one attached hydrogen (secondary N) is 3. The second-order valence-electron chi connectivity index (χ2n) is 13.5. The zero-order chi connectivity index (χ0) is 31.7. The first-order chi connectivity index (χ1) is 22.1. The van der Waals surface area contributed by atoms with E-state index in [0.29, 0.717) is 16.0 Å². The normalized spacial score (nSPS) is 23.3. The second-order valence-corrected chi connectivity index (χ2v) is 14.7. The number of hydrogen-bond acceptors (Lipinski definition) is 8. The molecular formula is C33H34F3N9S. The standard InChI is InChI=1S/C33H34F3N9S/c1-20-21(13-44-6-4-22(5-7-44)42-29-26-9-24(10-33(34,35)36)46-30(26)41-19-40-29)2-3-27-25(20)8-23(11-37)45(27)17-31-14-32(15-31,16-31)43-28-12-38-18-39-28/h2-3,8-9,12,18-19,22,43H,4-7,10,13-17H2,1H3,(H,38,39)(H,40,41,42). The number of benzene rings is 1. The van der Waals surface area contributed by atoms with Gasteiger partial charge in [0.05, 0.1) is 18.1 Å². The number of H-pyrrole nitrogens is 1. The van der Waals surface area contributed by atoms with Gasteiger partial charge in [0.15, 0.2) is 0 Å². The number of nitriles is 1. The molecule has 5 heterocycles. The fraction of sp³-hybridized carbons (Fsp3) is 0.455. The minimum Gasteiger partial charge on any atom is -0.367 e. The van der Waals surface area contributed by atoms with E-state index in [1.165, 1.54) is 17.5 Å². The Hall–Kier alpha value is -4.15. The van der Waals surface area contributed by atoms with E-state index >= 15 is 0 Å². The number of anilines is 2. The molecule has 3 saturated carbocycles. The van der Waals surface area contributed by atoms with Crippen molar-refractivity contribution in [2.75, 3.05) is 23.7 Å². The molecule has 2 bridgehead atoms. The number of likely N-dealkylation sites (tertiary alicyclic amines) is 1. The van der Waals surface area contributed by atoms with E-state index in [9.17, 15) is 18.4 Å². The number of piperidine rings is 1. The van der Waals surface area contributed by atoms with E-state index in [1.807, 2.05) is 6.20 Å². The summed E-state index contributed by atoms with van der Waals surface area (Å²) in [6, 6.07) is 10.7. The lowest BCUT2D eigenvalue weighted by Gasteiger charge is -2.71. The number of hydrogen-bond donors (Lipinski definition) is 3. The summed E-state index contributed by atoms with van der Waals surface area (Å²) in [5.74, 6) is 1.50. The van der Waals surface area contributed by atoms with Gasteiger partial charge in [-0.15, -0.1) is 11.3 Å². The number of imidazole rings is 1. The molecule has 0 unspecified atom stereocenters. The maximum atomic E-state index is 12.9. The van der Waals surface area contributed by atoms with Crippen LogP contribution in [-0.2, 0) is 19.5 Å². The summed E-state index contributed by atoms with van der Waals surface area (Å²) in [6.45, 7) is 5.64. The average Bonchev–Trinajstić information content (AvgIpc) is 3.72. The van der Waals surface area contributed by atoms with Crippen molar-refractivity contribution < 1.29 is 13.2 Å². The molecule has 0 spiro atoms. The Morgan fingerprint density at radius 2 is 1.91 bits per heavy atom. The lowest BCUT2D eigenvalue weighted by molar-refractivity contribution is -0.127. The number of aryl methyl sites for hydroxylation is 1. The maximum Gasteiger partial charge on any atom is 0.393 e. The van der Waals surface area contributed by atoms with E-state index in [0.717, 1.165) is 92.0 Å². The summed E-state index contributed by atoms with van der Waals surface area (Å²) < 4.78 is 41.1. The molecule has 0 radical (unpaired) electrons. The van der Waals surface area contributed by atoms with Crippen LogP contribution in [0.15, 0.2) is 43.1 Å². The number of aromatic nitrogens is 5. The summed E-state index contributed by atoms with van der Waals surface area (Å²) >= 11 is 1.07. The smallest absolute Gasteiger partial charge is 0.367 e. The molecule has 3 N–H and O–H groups in total. The van der Waals surface area contributed by atoms with Crippen LogP contribution in [0.5, 0.6) is 0 Å². The van der Waals surface area contributed by atoms with Gasteiger partial charge in [0.25, 0.3) is 0 Å². The van der Waals surface area contributed by atoms with Crippen molar-refractivity contribution in [2.45, 2.75) is 76.3 Å². The Labute approximate surface area is 267 Å². The Morgan fingerprint density at radius 3 is 2.63 bits per heavy atom. The lowest BCUT2D eigenvalue weighted by Crippen LogP contribution is -2.72. The molecule has 4 aliphatic rings. The zero-order valence-corrected chi connectivity index (χ0v) is 26.2. The van der Waals surface area contributed by atoms with Gasteiger partial charge in [0, 0.05) is 59.7 Å². The van der Waals surface area contributed by atoms with Gasteiger partial charge in [-0.2, -0.15) is 18.4 Å². The number of halogens is 3. The number of rotatable bonds is 9. The van der Waals surface area contributed by atoms with Crippen LogP contribution < -0.4 is 10.6 Å². The molecule has 238 valence electrons. The SMILES string of the molecule is Cc1c(CN2CCC(Nc3ncnc4sc(CC(F)(F)F)cc34)CC2)ccc2c1cc(C#N)n2CC12CC(Nc3c[nH]cn3)(C1)C2. The van der Waals surface area contributed by atoms with E-state index < -0.39 is 12.6 Å². The number of aromatic amines is 1. The quantitative estimate of drug-likeness (QED) is 0.162. The van der Waals surface area contributed by atoms with Gasteiger partial charge < -0.3 is 20.2 Å². The fourth-order valence-corrected chi connectivity index (χ4v) is 9.19. The largest absolute Gasteiger partial charge is 0.393 e. The molecule has 0 amide bonds. The van der Waals surface area contributed by atoms with Gasteiger partial charge in [0.1, 0.15) is 34.6 Å². The van der Waals surface area contributed by atoms with Crippen LogP contribution in [0.3, 0.4) is 0 Å². The van der Waals surface area contributed by atoms with E-state index in [4.69, 9.17) is 0 Å². The van der Waals surface area contributed by atoms with Crippen LogP contribution in [0.1, 0.15) is 53.8 Å². The Kier molecular flexibility index (Phi) is 6.81. The third-order valence-electron chi connectivity index (χ3n) is 10.2. The molecule has 3 aliphatic carbocycles. The lowest BCUT2D eigenvalue weighted by atomic mass is 9.39. The Bertz CT molecular complexity index is 1940. The van der Waals surface area contributed by atoms with E-state index in [-0.39, 0.29) is 21.9 Å². The molecule has 4 aromatic heterocycles. The number of alkyl halides is 3. The highest BCUT2D eigenvalue weighted by Crippen LogP contribution is 2.69. The summed E-state index contributed by atoms with van der Waals surface area (Å²) in [5.41, 5.74) is 4.71. The number of nitrogens with zero attached hydrogens (tertiary/aromatic N) is 6. The van der Waals surface area contributed by atoms with Crippen molar-refractivity contribution in [2.24, 2.45) is 5.41 Å². The minimum atomic E-state index is -4.25. The van der Waals surface area contributed by atoms with Crippen LogP contribution >= 0.6 is 11.3 Å². The van der Waals surface area contributed by atoms with Crippen molar-refractivity contribution >= 4 is 44.1 Å². The molecule has 9 nitrogen and oxygen atoms in total. The average molecular weight is 646 g/mol. The third-order valence-corrected chi connectivity index (χ3v) is 11.2. The Balaban J connectivity index is 0.908. The first-order valence-corrected chi connectivity index (χ1v) is 16.5. The first kappa shape index (κ1) is 29.3. The highest BCUT2D eigenvalue weighted by Gasteiger charge is 2.68. The van der Waals surface area contributed by atoms with Crippen molar-refractivity contribution in [3.63, 3.8) is 0 Å². The van der Waals surface area contributed by atoms with Crippen molar-refractivity contribution in [3.8, 4) is 6.07 Å². The summed E-state index contributed by atoms with van der Waals surface area (Å²) in [6.07, 6.45) is 4.88. The third kappa shape index (κ3) is 5.27. The fourth-order valence-electron chi connectivity index (χ4n) is 8.16. The topological polar surface area (TPSA) is 110 Å². The van der Waals surface area contributed by atoms with E-state index in [1.54, 1.807) is 12.4 Å². The molecule has 1 aliphatic heterocycles. The summed E-state index contributed by atoms with van der Waals surface area (Å²) in [5, 5.41) is 18.9. The van der Waals surface area contributed by atoms with Gasteiger partial charge in [0.2, 0.25) is 0 Å². The van der Waals surface area contributed by atoms with Gasteiger partial charge >= 0.3 is 6.18 Å². The monoisotopic (exact) mass is 645 g/mol. The highest BCUT2D eigenvalue weighted by molar-refractivity contribution is 7.18. The van der Waals surface area contributed by atoms with Gasteiger partial charge in [-0.1, -0.05) is 6.07 Å². The van der Waals surface area contributed by atoms with E-state index in [2.05, 4.69) is 71.2 Å². The van der Waals surface area contributed by atoms with Crippen LogP contribution in [0.4, 0.5) is 24.8 Å². The predicted molar refractivity (Wildman–Crippen MR) is 172 cm³/mol. The van der Waals surface area contributed by atoms with Crippen LogP contribution in [0.2, 0.25) is 0 Å². The van der Waals surface area contributed by atoms with Crippen molar-refractivity contribution in [1.29, 1.82) is 5.26 Å². The number of fused-ring (bicyclic) bond motifs is 2. The molecule has 9 rings (SSSR count). The first-order valence-electron chi connectivity index (χ1n) is 15.7. The zero-order valence-electron chi connectivity index (χ0n) is 25.4. The minimum absolute atomic E-state index is 0.141. The van der Waals surface area contributed by atoms with Gasteiger partial charge in [-0.05, 0) is 73.8 Å². The van der Waals surface area contributed by atoms with Crippen molar-refractivity contribution in [1.82, 2.24) is 29.4 Å². The second kappa shape index (κ2) is 10.7. The van der Waals surface area contributed by atoms with Crippen LogP contribution in [0, 0.1) is 23.7 Å². The molecule has 1 aromatic carbocycles. The van der Waals surface area contributed by atoms with Gasteiger partial charge in [-0.3, -0.25) is 4.90 Å². The molecular weight excluding hydrogens is 611 g/mol. The van der Waals surface area contributed by atoms with Crippen molar-refractivity contribution in [3.05, 3.63) is 64.8 Å². The summed E-state index contributed by atoms with van der Waals surface area (Å²) in [4.78, 5) is 19.2. The predicted octanol–water partition coefficient (Wildman–Crippen LogP) is 6.77. The molecule has 4 fully saturated rings.